The number of fused-ring (bicyclic) bond motifs is 3. The van der Waals surface area contributed by atoms with Crippen LogP contribution in [0, 0.1) is 0 Å². The molecule has 0 aliphatic rings. The lowest BCUT2D eigenvalue weighted by molar-refractivity contribution is -0.131. The van der Waals surface area contributed by atoms with Crippen LogP contribution in [0.15, 0.2) is 60.7 Å². The predicted molar refractivity (Wildman–Crippen MR) is 161 cm³/mol. The molecule has 1 heterocycles. The number of amides is 1. The van der Waals surface area contributed by atoms with E-state index in [1.165, 1.54) is 6.07 Å². The van der Waals surface area contributed by atoms with Gasteiger partial charge in [-0.1, -0.05) is 77.9 Å². The first-order valence-electron chi connectivity index (χ1n) is 13.6. The first-order valence-corrected chi connectivity index (χ1v) is 15.8. The van der Waals surface area contributed by atoms with Crippen LogP contribution in [0.4, 0.5) is 0 Å². The second kappa shape index (κ2) is 10.8. The summed E-state index contributed by atoms with van der Waals surface area (Å²) >= 11 is 0. The molecule has 0 aliphatic carbocycles. The molecule has 3 N–H and O–H groups in total. The normalized spacial score (nSPS) is 12.1. The minimum Gasteiger partial charge on any atom is -0.475 e. The average Bonchev–Trinajstić information content (AvgIpc) is 3.21. The largest absolute Gasteiger partial charge is 0.475 e. The Kier molecular flexibility index (Phi) is 7.85. The first kappa shape index (κ1) is 29.0. The zero-order valence-corrected chi connectivity index (χ0v) is 24.8. The number of carboxylic acids is 1. The van der Waals surface area contributed by atoms with Gasteiger partial charge < -0.3 is 20.2 Å². The van der Waals surface area contributed by atoms with E-state index in [1.807, 2.05) is 41.0 Å². The Bertz CT molecular complexity index is 1630. The van der Waals surface area contributed by atoms with Crippen molar-refractivity contribution < 1.29 is 24.3 Å². The monoisotopic (exact) mass is 556 g/mol. The highest BCUT2D eigenvalue weighted by Gasteiger charge is 2.50. The number of carbonyl (C=O) groups excluding carboxylic acids is 3. The van der Waals surface area contributed by atoms with Crippen molar-refractivity contribution in [1.82, 2.24) is 4.57 Å². The number of primary amides is 1. The Balaban J connectivity index is 2.20. The Labute approximate surface area is 235 Å². The number of aromatic nitrogens is 1. The van der Waals surface area contributed by atoms with E-state index in [-0.39, 0.29) is 33.2 Å². The summed E-state index contributed by atoms with van der Waals surface area (Å²) in [7, 11) is -2.68. The third kappa shape index (κ3) is 4.56. The van der Waals surface area contributed by atoms with Gasteiger partial charge in [0.05, 0.1) is 11.0 Å². The molecule has 0 radical (unpaired) electrons. The van der Waals surface area contributed by atoms with E-state index >= 15 is 0 Å². The molecule has 40 heavy (non-hydrogen) atoms. The van der Waals surface area contributed by atoms with Crippen LogP contribution in [-0.4, -0.2) is 40.8 Å². The summed E-state index contributed by atoms with van der Waals surface area (Å²) in [5.41, 5.74) is 8.61. The van der Waals surface area contributed by atoms with Crippen molar-refractivity contribution >= 4 is 52.9 Å². The summed E-state index contributed by atoms with van der Waals surface area (Å²) in [6, 6.07) is 18.0. The van der Waals surface area contributed by atoms with E-state index in [4.69, 9.17) is 5.73 Å². The lowest BCUT2D eigenvalue weighted by Crippen LogP contribution is -2.52. The standard InChI is InChI=1S/C32H36N2O5Si/c1-18(2)40(19(3)4,20(5)6)32(39)22-15-24(29(35)31(37)38)28-26(16-22)34(17-21-11-8-7-9-12-21)25-14-10-13-23(27(25)28)30(33)36/h7-16,18-20H,17H2,1-6H3,(H2,33,36)(H,37,38). The third-order valence-electron chi connectivity index (χ3n) is 8.40. The van der Waals surface area contributed by atoms with Gasteiger partial charge >= 0.3 is 5.97 Å². The fourth-order valence-corrected chi connectivity index (χ4v) is 13.1. The molecule has 0 bridgehead atoms. The maximum atomic E-state index is 14.6. The second-order valence-corrected chi connectivity index (χ2v) is 17.2. The predicted octanol–water partition coefficient (Wildman–Crippen LogP) is 6.61. The Hall–Kier alpha value is -4.04. The number of aliphatic carboxylic acids is 1. The molecule has 1 amide bonds. The van der Waals surface area contributed by atoms with Gasteiger partial charge in [0.1, 0.15) is 13.5 Å². The van der Waals surface area contributed by atoms with E-state index in [2.05, 4.69) is 41.5 Å². The maximum Gasteiger partial charge on any atom is 0.377 e. The Morgan fingerprint density at radius 2 is 1.35 bits per heavy atom. The van der Waals surface area contributed by atoms with Crippen molar-refractivity contribution in [2.75, 3.05) is 0 Å². The minimum absolute atomic E-state index is 0.000445. The molecular weight excluding hydrogens is 520 g/mol. The van der Waals surface area contributed by atoms with Crippen LogP contribution in [0.1, 0.15) is 78.2 Å². The fraction of sp³-hybridized carbons (Fsp3) is 0.312. The zero-order valence-electron chi connectivity index (χ0n) is 23.8. The summed E-state index contributed by atoms with van der Waals surface area (Å²) in [6.45, 7) is 12.9. The van der Waals surface area contributed by atoms with E-state index in [1.54, 1.807) is 18.2 Å². The molecular formula is C32H36N2O5Si. The van der Waals surface area contributed by atoms with Gasteiger partial charge in [-0.25, -0.2) is 4.79 Å². The lowest BCUT2D eigenvalue weighted by atomic mass is 9.97. The smallest absolute Gasteiger partial charge is 0.377 e. The number of ketones is 1. The topological polar surface area (TPSA) is 119 Å². The van der Waals surface area contributed by atoms with Gasteiger partial charge in [-0.05, 0) is 46.5 Å². The van der Waals surface area contributed by atoms with Crippen molar-refractivity contribution in [3.8, 4) is 0 Å². The van der Waals surface area contributed by atoms with E-state index in [0.29, 0.717) is 33.9 Å². The maximum absolute atomic E-state index is 14.6. The highest BCUT2D eigenvalue weighted by Crippen LogP contribution is 2.45. The van der Waals surface area contributed by atoms with Gasteiger partial charge in [0.2, 0.25) is 5.91 Å². The summed E-state index contributed by atoms with van der Waals surface area (Å²) < 4.78 is 1.94. The molecule has 0 saturated carbocycles. The molecule has 0 spiro atoms. The number of benzene rings is 3. The Morgan fingerprint density at radius 3 is 1.88 bits per heavy atom. The van der Waals surface area contributed by atoms with E-state index in [0.717, 1.165) is 5.56 Å². The molecule has 7 nitrogen and oxygen atoms in total. The Morgan fingerprint density at radius 1 is 0.775 bits per heavy atom. The van der Waals surface area contributed by atoms with Crippen LogP contribution in [0.3, 0.4) is 0 Å². The summed E-state index contributed by atoms with van der Waals surface area (Å²) in [5, 5.41) is 10.5. The van der Waals surface area contributed by atoms with Gasteiger partial charge in [0.25, 0.3) is 5.78 Å². The number of hydrogen-bond acceptors (Lipinski definition) is 4. The highest BCUT2D eigenvalue weighted by molar-refractivity contribution is 7.10. The van der Waals surface area contributed by atoms with Gasteiger partial charge in [0, 0.05) is 34.0 Å². The number of carbonyl (C=O) groups is 4. The van der Waals surface area contributed by atoms with Crippen LogP contribution in [0.25, 0.3) is 21.8 Å². The molecule has 0 saturated heterocycles. The van der Waals surface area contributed by atoms with Crippen LogP contribution >= 0.6 is 0 Å². The van der Waals surface area contributed by atoms with E-state index < -0.39 is 25.7 Å². The number of hydrogen-bond donors (Lipinski definition) is 2. The quantitative estimate of drug-likeness (QED) is 0.129. The van der Waals surface area contributed by atoms with Crippen molar-refractivity contribution in [1.29, 1.82) is 0 Å². The lowest BCUT2D eigenvalue weighted by Gasteiger charge is -2.41. The second-order valence-electron chi connectivity index (χ2n) is 11.4. The van der Waals surface area contributed by atoms with Gasteiger partial charge in [0.15, 0.2) is 0 Å². The summed E-state index contributed by atoms with van der Waals surface area (Å²) in [6.07, 6.45) is 0. The van der Waals surface area contributed by atoms with E-state index in [9.17, 15) is 24.3 Å². The molecule has 208 valence electrons. The van der Waals surface area contributed by atoms with Crippen LogP contribution in [-0.2, 0) is 11.3 Å². The molecule has 0 atom stereocenters. The van der Waals surface area contributed by atoms with Gasteiger partial charge in [-0.3, -0.25) is 9.59 Å². The van der Waals surface area contributed by atoms with Crippen molar-refractivity contribution in [2.24, 2.45) is 5.73 Å². The summed E-state index contributed by atoms with van der Waals surface area (Å²) in [5.74, 6) is -3.46. The highest BCUT2D eigenvalue weighted by atomic mass is 28.3. The summed E-state index contributed by atoms with van der Waals surface area (Å²) in [4.78, 5) is 52.4. The molecule has 3 aromatic carbocycles. The number of nitrogens with zero attached hydrogens (tertiary/aromatic N) is 1. The zero-order chi connectivity index (χ0) is 29.5. The first-order chi connectivity index (χ1) is 18.8. The number of rotatable bonds is 10. The third-order valence-corrected chi connectivity index (χ3v) is 15.2. The number of nitrogens with two attached hydrogens (primary N) is 1. The van der Waals surface area contributed by atoms with Gasteiger partial charge in [-0.15, -0.1) is 0 Å². The minimum atomic E-state index is -2.68. The van der Waals surface area contributed by atoms with Crippen molar-refractivity contribution in [3.05, 3.63) is 82.9 Å². The van der Waals surface area contributed by atoms with Crippen molar-refractivity contribution in [2.45, 2.75) is 64.7 Å². The SMILES string of the molecule is CC(C)[Si](C(=O)c1cc(C(=O)C(=O)O)c2c3c(C(N)=O)cccc3n(Cc3ccccc3)c2c1)(C(C)C)C(C)C. The number of Topliss-reactive ketones (excluding diaryl/α,β-unsaturated/α-hetero) is 1. The fourth-order valence-electron chi connectivity index (χ4n) is 6.86. The average molecular weight is 557 g/mol. The number of carboxylic acid groups (broad SMARTS) is 1. The molecule has 4 aromatic rings. The molecule has 8 heteroatoms. The molecule has 0 fully saturated rings. The molecule has 4 rings (SSSR count). The van der Waals surface area contributed by atoms with Crippen LogP contribution in [0.2, 0.25) is 16.6 Å². The van der Waals surface area contributed by atoms with Crippen LogP contribution in [0.5, 0.6) is 0 Å². The van der Waals surface area contributed by atoms with Crippen LogP contribution < -0.4 is 5.73 Å². The van der Waals surface area contributed by atoms with Gasteiger partial charge in [-0.2, -0.15) is 0 Å². The molecule has 0 aliphatic heterocycles. The van der Waals surface area contributed by atoms with Crippen molar-refractivity contribution in [3.63, 3.8) is 0 Å². The molecule has 1 aromatic heterocycles. The molecule has 0 unspecified atom stereocenters.